The lowest BCUT2D eigenvalue weighted by Crippen LogP contribution is -2.37. The molecular formula is C13H22N2O2. The molecule has 0 bridgehead atoms. The number of rotatable bonds is 6. The van der Waals surface area contributed by atoms with Gasteiger partial charge in [0.15, 0.2) is 0 Å². The van der Waals surface area contributed by atoms with Crippen molar-refractivity contribution in [3.05, 3.63) is 24.2 Å². The van der Waals surface area contributed by atoms with Gasteiger partial charge in [0.1, 0.15) is 5.76 Å². The number of hydrogen-bond acceptors (Lipinski definition) is 3. The smallest absolute Gasteiger partial charge is 0.224 e. The van der Waals surface area contributed by atoms with Crippen LogP contribution in [0.4, 0.5) is 0 Å². The van der Waals surface area contributed by atoms with Crippen LogP contribution in [0.2, 0.25) is 0 Å². The average molecular weight is 238 g/mol. The number of nitrogens with two attached hydrogens (primary N) is 1. The molecule has 1 aromatic rings. The first kappa shape index (κ1) is 13.8. The zero-order valence-electron chi connectivity index (χ0n) is 10.8. The first-order valence-corrected chi connectivity index (χ1v) is 6.08. The second-order valence-electron chi connectivity index (χ2n) is 4.81. The van der Waals surface area contributed by atoms with E-state index in [1.165, 1.54) is 0 Å². The molecule has 0 aliphatic rings. The van der Waals surface area contributed by atoms with Gasteiger partial charge in [0.2, 0.25) is 5.91 Å². The van der Waals surface area contributed by atoms with Gasteiger partial charge in [-0.25, -0.2) is 0 Å². The van der Waals surface area contributed by atoms with E-state index in [1.54, 1.807) is 6.26 Å². The lowest BCUT2D eigenvalue weighted by Gasteiger charge is -2.19. The molecule has 17 heavy (non-hydrogen) atoms. The Hall–Kier alpha value is -1.29. The number of carbonyl (C=O) groups is 1. The fourth-order valence-corrected chi connectivity index (χ4v) is 1.82. The van der Waals surface area contributed by atoms with Crippen LogP contribution in [0, 0.1) is 11.8 Å². The zero-order chi connectivity index (χ0) is 12.8. The molecule has 1 amide bonds. The van der Waals surface area contributed by atoms with Crippen molar-refractivity contribution in [2.24, 2.45) is 17.6 Å². The van der Waals surface area contributed by atoms with Gasteiger partial charge in [0.05, 0.1) is 18.2 Å². The standard InChI is InChI=1S/C13H22N2O2/c1-9(2)7-11(8-14)13(16)15-10(3)12-5-4-6-17-12/h4-6,9-11H,7-8,14H2,1-3H3,(H,15,16)/t10-,11?/m1/s1. The number of hydrogen-bond donors (Lipinski definition) is 2. The van der Waals surface area contributed by atoms with Crippen LogP contribution in [-0.2, 0) is 4.79 Å². The van der Waals surface area contributed by atoms with Crippen LogP contribution in [0.5, 0.6) is 0 Å². The Morgan fingerprint density at radius 3 is 2.65 bits per heavy atom. The summed E-state index contributed by atoms with van der Waals surface area (Å²) in [6, 6.07) is 3.55. The maximum atomic E-state index is 12.0. The molecule has 0 saturated heterocycles. The van der Waals surface area contributed by atoms with Crippen LogP contribution in [0.25, 0.3) is 0 Å². The van der Waals surface area contributed by atoms with Gasteiger partial charge in [-0.2, -0.15) is 0 Å². The summed E-state index contributed by atoms with van der Waals surface area (Å²) in [5.41, 5.74) is 5.63. The van der Waals surface area contributed by atoms with E-state index in [2.05, 4.69) is 19.2 Å². The molecule has 4 heteroatoms. The molecule has 0 radical (unpaired) electrons. The van der Waals surface area contributed by atoms with Crippen molar-refractivity contribution >= 4 is 5.91 Å². The van der Waals surface area contributed by atoms with Crippen molar-refractivity contribution in [3.8, 4) is 0 Å². The molecule has 0 aromatic carbocycles. The molecule has 4 nitrogen and oxygen atoms in total. The quantitative estimate of drug-likeness (QED) is 0.797. The molecule has 0 aliphatic heterocycles. The Bertz CT molecular complexity index is 333. The Morgan fingerprint density at radius 1 is 1.47 bits per heavy atom. The van der Waals surface area contributed by atoms with Crippen LogP contribution in [0.15, 0.2) is 22.8 Å². The largest absolute Gasteiger partial charge is 0.467 e. The monoisotopic (exact) mass is 238 g/mol. The fourth-order valence-electron chi connectivity index (χ4n) is 1.82. The van der Waals surface area contributed by atoms with Gasteiger partial charge < -0.3 is 15.5 Å². The van der Waals surface area contributed by atoms with E-state index in [9.17, 15) is 4.79 Å². The highest BCUT2D eigenvalue weighted by molar-refractivity contribution is 5.79. The third-order valence-corrected chi connectivity index (χ3v) is 2.74. The number of furan rings is 1. The summed E-state index contributed by atoms with van der Waals surface area (Å²) in [5, 5.41) is 2.93. The molecule has 3 N–H and O–H groups in total. The number of nitrogens with one attached hydrogen (secondary N) is 1. The molecule has 96 valence electrons. The molecule has 0 aliphatic carbocycles. The van der Waals surface area contributed by atoms with Gasteiger partial charge in [0.25, 0.3) is 0 Å². The molecule has 1 heterocycles. The van der Waals surface area contributed by atoms with Crippen LogP contribution in [0.1, 0.15) is 39.0 Å². The lowest BCUT2D eigenvalue weighted by molar-refractivity contribution is -0.126. The summed E-state index contributed by atoms with van der Waals surface area (Å²) in [4.78, 5) is 12.0. The minimum absolute atomic E-state index is 0.00472. The zero-order valence-corrected chi connectivity index (χ0v) is 10.8. The number of carbonyl (C=O) groups excluding carboxylic acids is 1. The molecule has 1 unspecified atom stereocenters. The third kappa shape index (κ3) is 4.23. The molecule has 1 aromatic heterocycles. The van der Waals surface area contributed by atoms with Gasteiger partial charge >= 0.3 is 0 Å². The van der Waals surface area contributed by atoms with Crippen molar-refractivity contribution in [1.82, 2.24) is 5.32 Å². The molecule has 2 atom stereocenters. The maximum Gasteiger partial charge on any atom is 0.224 e. The van der Waals surface area contributed by atoms with Gasteiger partial charge in [-0.15, -0.1) is 0 Å². The van der Waals surface area contributed by atoms with Crippen LogP contribution >= 0.6 is 0 Å². The van der Waals surface area contributed by atoms with E-state index in [4.69, 9.17) is 10.2 Å². The van der Waals surface area contributed by atoms with Gasteiger partial charge in [-0.3, -0.25) is 4.79 Å². The molecular weight excluding hydrogens is 216 g/mol. The molecule has 1 rings (SSSR count). The highest BCUT2D eigenvalue weighted by Crippen LogP contribution is 2.15. The van der Waals surface area contributed by atoms with Gasteiger partial charge in [-0.05, 0) is 31.4 Å². The highest BCUT2D eigenvalue weighted by Gasteiger charge is 2.20. The van der Waals surface area contributed by atoms with Crippen molar-refractivity contribution < 1.29 is 9.21 Å². The minimum Gasteiger partial charge on any atom is -0.467 e. The van der Waals surface area contributed by atoms with Crippen LogP contribution in [-0.4, -0.2) is 12.5 Å². The highest BCUT2D eigenvalue weighted by atomic mass is 16.3. The summed E-state index contributed by atoms with van der Waals surface area (Å²) in [7, 11) is 0. The lowest BCUT2D eigenvalue weighted by atomic mass is 9.96. The van der Waals surface area contributed by atoms with Gasteiger partial charge in [-0.1, -0.05) is 13.8 Å². The summed E-state index contributed by atoms with van der Waals surface area (Å²) < 4.78 is 5.24. The van der Waals surface area contributed by atoms with Crippen molar-refractivity contribution in [3.63, 3.8) is 0 Å². The maximum absolute atomic E-state index is 12.0. The molecule has 0 fully saturated rings. The predicted molar refractivity (Wildman–Crippen MR) is 67.3 cm³/mol. The summed E-state index contributed by atoms with van der Waals surface area (Å²) in [5.74, 6) is 1.12. The Morgan fingerprint density at radius 2 is 2.18 bits per heavy atom. The van der Waals surface area contributed by atoms with E-state index >= 15 is 0 Å². The van der Waals surface area contributed by atoms with E-state index in [1.807, 2.05) is 19.1 Å². The van der Waals surface area contributed by atoms with E-state index in [0.29, 0.717) is 12.5 Å². The predicted octanol–water partition coefficient (Wildman–Crippen LogP) is 2.08. The second kappa shape index (κ2) is 6.45. The normalized spacial score (nSPS) is 14.6. The first-order valence-electron chi connectivity index (χ1n) is 6.08. The van der Waals surface area contributed by atoms with Crippen LogP contribution < -0.4 is 11.1 Å². The summed E-state index contributed by atoms with van der Waals surface area (Å²) >= 11 is 0. The third-order valence-electron chi connectivity index (χ3n) is 2.74. The number of amides is 1. The summed E-state index contributed by atoms with van der Waals surface area (Å²) in [6.07, 6.45) is 2.42. The van der Waals surface area contributed by atoms with Crippen molar-refractivity contribution in [2.45, 2.75) is 33.2 Å². The average Bonchev–Trinajstić information content (AvgIpc) is 2.78. The molecule has 0 spiro atoms. The topological polar surface area (TPSA) is 68.3 Å². The first-order chi connectivity index (χ1) is 8.04. The van der Waals surface area contributed by atoms with Gasteiger partial charge in [0, 0.05) is 6.54 Å². The minimum atomic E-state index is -0.118. The van der Waals surface area contributed by atoms with E-state index < -0.39 is 0 Å². The van der Waals surface area contributed by atoms with E-state index in [-0.39, 0.29) is 17.9 Å². The van der Waals surface area contributed by atoms with Crippen molar-refractivity contribution in [2.75, 3.05) is 6.54 Å². The Balaban J connectivity index is 2.52. The van der Waals surface area contributed by atoms with E-state index in [0.717, 1.165) is 12.2 Å². The fraction of sp³-hybridized carbons (Fsp3) is 0.615. The van der Waals surface area contributed by atoms with Crippen LogP contribution in [0.3, 0.4) is 0 Å². The second-order valence-corrected chi connectivity index (χ2v) is 4.81. The Kier molecular flexibility index (Phi) is 5.22. The Labute approximate surface area is 103 Å². The van der Waals surface area contributed by atoms with Crippen molar-refractivity contribution in [1.29, 1.82) is 0 Å². The summed E-state index contributed by atoms with van der Waals surface area (Å²) in [6.45, 7) is 6.46. The SMILES string of the molecule is CC(C)CC(CN)C(=O)N[C@H](C)c1ccco1. The molecule has 0 saturated carbocycles.